The number of carbonyl (C=O) groups is 1. The van der Waals surface area contributed by atoms with Crippen LogP contribution in [0.15, 0.2) is 80.8 Å². The Bertz CT molecular complexity index is 2070. The highest BCUT2D eigenvalue weighted by Gasteiger charge is 2.52. The van der Waals surface area contributed by atoms with Crippen LogP contribution in [0, 0.1) is 5.41 Å². The molecule has 1 aliphatic rings. The third-order valence-corrected chi connectivity index (χ3v) is 17.8. The van der Waals surface area contributed by atoms with E-state index in [0.29, 0.717) is 28.0 Å². The molecular weight excluding hydrogens is 725 g/mol. The largest absolute Gasteiger partial charge is 0.543 e. The third-order valence-electron chi connectivity index (χ3n) is 10.3. The second kappa shape index (κ2) is 14.9. The van der Waals surface area contributed by atoms with Gasteiger partial charge in [0.25, 0.3) is 26.0 Å². The first-order chi connectivity index (χ1) is 24.2. The van der Waals surface area contributed by atoms with Crippen LogP contribution in [0.5, 0.6) is 5.75 Å². The Morgan fingerprint density at radius 1 is 0.830 bits per heavy atom. The molecule has 3 aromatic rings. The highest BCUT2D eigenvalue weighted by molar-refractivity contribution is 7.90. The fourth-order valence-corrected chi connectivity index (χ4v) is 10.8. The number of amides is 1. The van der Waals surface area contributed by atoms with Crippen molar-refractivity contribution in [3.05, 3.63) is 88.5 Å². The Hall–Kier alpha value is -3.55. The normalized spacial score (nSPS) is 17.2. The van der Waals surface area contributed by atoms with Gasteiger partial charge < -0.3 is 4.43 Å². The van der Waals surface area contributed by atoms with Crippen LogP contribution >= 0.6 is 0 Å². The molecule has 1 N–H and O–H groups in total. The Labute approximate surface area is 319 Å². The van der Waals surface area contributed by atoms with Crippen LogP contribution in [0.4, 0.5) is 0 Å². The summed E-state index contributed by atoms with van der Waals surface area (Å²) in [7, 11) is -10.9. The zero-order valence-electron chi connectivity index (χ0n) is 33.8. The van der Waals surface area contributed by atoms with Crippen LogP contribution < -0.4 is 9.26 Å². The molecule has 0 saturated carbocycles. The van der Waals surface area contributed by atoms with Crippen molar-refractivity contribution in [3.63, 3.8) is 0 Å². The van der Waals surface area contributed by atoms with E-state index in [1.54, 1.807) is 42.5 Å². The molecule has 2 atom stereocenters. The van der Waals surface area contributed by atoms with Gasteiger partial charge in [-0.2, -0.15) is 18.4 Å². The molecule has 4 rings (SSSR count). The molecule has 0 aromatic heterocycles. The lowest BCUT2D eigenvalue weighted by molar-refractivity contribution is -0.131. The third kappa shape index (κ3) is 8.57. The number of hydrogen-bond acceptors (Lipinski definition) is 8. The Kier molecular flexibility index (Phi) is 11.9. The summed E-state index contributed by atoms with van der Waals surface area (Å²) in [5.41, 5.74) is 2.45. The maximum absolute atomic E-state index is 14.8. The quantitative estimate of drug-likeness (QED) is 0.117. The summed E-state index contributed by atoms with van der Waals surface area (Å²) >= 11 is 0. The Morgan fingerprint density at radius 2 is 1.40 bits per heavy atom. The van der Waals surface area contributed by atoms with E-state index in [2.05, 4.69) is 62.9 Å². The number of fused-ring (bicyclic) bond motifs is 1. The van der Waals surface area contributed by atoms with Gasteiger partial charge in [0.05, 0.1) is 15.8 Å². The van der Waals surface area contributed by atoms with Crippen molar-refractivity contribution in [3.8, 4) is 5.75 Å². The average Bonchev–Trinajstić information content (AvgIpc) is 3.28. The predicted octanol–water partition coefficient (Wildman–Crippen LogP) is 10.1. The highest BCUT2D eigenvalue weighted by atomic mass is 32.2. The molecule has 0 aliphatic carbocycles. The topological polar surface area (TPSA) is 135 Å². The van der Waals surface area contributed by atoms with Crippen LogP contribution in [-0.4, -0.2) is 35.4 Å². The summed E-state index contributed by atoms with van der Waals surface area (Å²) in [6, 6.07) is 14.9. The number of carbonyl (C=O) groups excluding carboxylic acids is 1. The molecule has 0 radical (unpaired) electrons. The van der Waals surface area contributed by atoms with Gasteiger partial charge in [-0.15, -0.1) is 0 Å². The molecule has 290 valence electrons. The molecule has 0 bridgehead atoms. The van der Waals surface area contributed by atoms with Gasteiger partial charge in [0.1, 0.15) is 5.75 Å². The summed E-state index contributed by atoms with van der Waals surface area (Å²) in [6.45, 7) is 28.1. The van der Waals surface area contributed by atoms with Gasteiger partial charge in [-0.25, -0.2) is 12.7 Å². The van der Waals surface area contributed by atoms with Crippen LogP contribution in [0.25, 0.3) is 0 Å². The molecule has 1 amide bonds. The maximum atomic E-state index is 14.8. The van der Waals surface area contributed by atoms with E-state index in [-0.39, 0.29) is 32.6 Å². The van der Waals surface area contributed by atoms with Gasteiger partial charge in [0, 0.05) is 0 Å². The minimum atomic E-state index is -4.31. The zero-order chi connectivity index (χ0) is 40.1. The molecule has 10 nitrogen and oxygen atoms in total. The first-order valence-corrected chi connectivity index (χ1v) is 24.1. The highest BCUT2D eigenvalue weighted by Crippen LogP contribution is 2.50. The number of rotatable bonds is 11. The maximum Gasteiger partial charge on any atom is 0.278 e. The lowest BCUT2D eigenvalue weighted by Gasteiger charge is -2.36. The summed E-state index contributed by atoms with van der Waals surface area (Å²) in [6.07, 6.45) is 0. The van der Waals surface area contributed by atoms with Gasteiger partial charge in [-0.05, 0) is 87.3 Å². The average molecular weight is 783 g/mol. The van der Waals surface area contributed by atoms with Crippen molar-refractivity contribution in [2.24, 2.45) is 15.8 Å². The molecule has 0 spiro atoms. The molecule has 53 heavy (non-hydrogen) atoms. The lowest BCUT2D eigenvalue weighted by Crippen LogP contribution is -2.44. The fourth-order valence-electron chi connectivity index (χ4n) is 6.33. The monoisotopic (exact) mass is 782 g/mol. The fraction of sp³-hybridized carbons (Fsp3) is 0.525. The standard InChI is InChI=1S/C40H58N4O6S2Si/c1-25(2)29-23-32(26(3)4)36(33(24-29)27(5)6)51(46,47)43-42-41-35(28-18-17-19-30(22-28)50-53(13,14)40(10,11)12)38(45)44-37(39(7,8)9)31-20-15-16-21-34(31)52(44,48)49/h15-27,35,37H,1-14H3,(H,41,43)/t35-,37+/m0/s1. The zero-order valence-corrected chi connectivity index (χ0v) is 36.4. The summed E-state index contributed by atoms with van der Waals surface area (Å²) in [5, 5.41) is 8.17. The first-order valence-electron chi connectivity index (χ1n) is 18.3. The van der Waals surface area contributed by atoms with Crippen molar-refractivity contribution >= 4 is 34.3 Å². The Balaban J connectivity index is 1.88. The van der Waals surface area contributed by atoms with Gasteiger partial charge in [0.2, 0.25) is 8.32 Å². The second-order valence-electron chi connectivity index (χ2n) is 17.6. The SMILES string of the molecule is CC(C)c1cc(C(C)C)c(S(=O)(=O)NN=N[C@H](C(=O)N2[C@@H](C(C)(C)C)c3ccccc3S2(=O)=O)c2cccc(O[Si](C)(C)C(C)(C)C)c2)c(C(C)C)c1. The van der Waals surface area contributed by atoms with Crippen molar-refractivity contribution in [1.29, 1.82) is 0 Å². The second-order valence-corrected chi connectivity index (χ2v) is 25.7. The molecule has 3 aromatic carbocycles. The first kappa shape index (κ1) is 42.2. The van der Waals surface area contributed by atoms with Crippen molar-refractivity contribution in [2.75, 3.05) is 0 Å². The molecule has 0 unspecified atom stereocenters. The van der Waals surface area contributed by atoms with Gasteiger partial charge in [0.15, 0.2) is 6.04 Å². The summed E-state index contributed by atoms with van der Waals surface area (Å²) in [5.74, 6) is -0.424. The number of hydrogen-bond donors (Lipinski definition) is 1. The van der Waals surface area contributed by atoms with E-state index in [1.165, 1.54) is 6.07 Å². The molecule has 0 saturated heterocycles. The number of sulfonamides is 2. The van der Waals surface area contributed by atoms with E-state index in [9.17, 15) is 21.6 Å². The van der Waals surface area contributed by atoms with Crippen LogP contribution in [0.1, 0.15) is 141 Å². The predicted molar refractivity (Wildman–Crippen MR) is 214 cm³/mol. The van der Waals surface area contributed by atoms with E-state index >= 15 is 0 Å². The lowest BCUT2D eigenvalue weighted by atomic mass is 9.82. The molecule has 1 aliphatic heterocycles. The van der Waals surface area contributed by atoms with Crippen LogP contribution in [0.3, 0.4) is 0 Å². The van der Waals surface area contributed by atoms with Gasteiger partial charge in [-0.3, -0.25) is 4.79 Å². The van der Waals surface area contributed by atoms with Crippen molar-refractivity contribution < 1.29 is 26.1 Å². The van der Waals surface area contributed by atoms with Crippen molar-refractivity contribution in [1.82, 2.24) is 9.14 Å². The molecular formula is C40H58N4O6S2Si. The number of nitrogens with one attached hydrogen (secondary N) is 1. The summed E-state index contributed by atoms with van der Waals surface area (Å²) in [4.78, 5) is 17.3. The van der Waals surface area contributed by atoms with E-state index in [1.807, 2.05) is 60.6 Å². The minimum absolute atomic E-state index is 0.0481. The number of nitrogens with zero attached hydrogens (tertiary/aromatic N) is 3. The summed E-state index contributed by atoms with van der Waals surface area (Å²) < 4.78 is 64.2. The Morgan fingerprint density at radius 3 is 1.91 bits per heavy atom. The van der Waals surface area contributed by atoms with Gasteiger partial charge >= 0.3 is 0 Å². The van der Waals surface area contributed by atoms with E-state index in [0.717, 1.165) is 9.87 Å². The van der Waals surface area contributed by atoms with E-state index < -0.39 is 51.8 Å². The molecule has 0 fully saturated rings. The number of benzene rings is 3. The van der Waals surface area contributed by atoms with Crippen molar-refractivity contribution in [2.45, 2.75) is 141 Å². The molecule has 13 heteroatoms. The molecule has 1 heterocycles. The minimum Gasteiger partial charge on any atom is -0.543 e. The smallest absolute Gasteiger partial charge is 0.278 e. The van der Waals surface area contributed by atoms with Gasteiger partial charge in [-0.1, -0.05) is 131 Å². The van der Waals surface area contributed by atoms with E-state index in [4.69, 9.17) is 4.43 Å². The van der Waals surface area contributed by atoms with Crippen LogP contribution in [-0.2, 0) is 24.8 Å². The van der Waals surface area contributed by atoms with Crippen LogP contribution in [0.2, 0.25) is 18.1 Å².